The lowest BCUT2D eigenvalue weighted by molar-refractivity contribution is 0.423. The Balaban J connectivity index is 2.26. The molecule has 0 aliphatic carbocycles. The van der Waals surface area contributed by atoms with Gasteiger partial charge in [0.15, 0.2) is 0 Å². The van der Waals surface area contributed by atoms with Crippen molar-refractivity contribution in [3.8, 4) is 5.69 Å². The van der Waals surface area contributed by atoms with Crippen LogP contribution in [0.4, 0.5) is 0 Å². The summed E-state index contributed by atoms with van der Waals surface area (Å²) < 4.78 is 1.88. The van der Waals surface area contributed by atoms with Gasteiger partial charge in [0.05, 0.1) is 17.6 Å². The van der Waals surface area contributed by atoms with Crippen LogP contribution in [0.15, 0.2) is 30.7 Å². The molecule has 0 saturated heterocycles. The van der Waals surface area contributed by atoms with Crippen LogP contribution in [0.1, 0.15) is 32.0 Å². The van der Waals surface area contributed by atoms with Crippen molar-refractivity contribution in [2.45, 2.75) is 39.8 Å². The van der Waals surface area contributed by atoms with Gasteiger partial charge >= 0.3 is 0 Å². The van der Waals surface area contributed by atoms with Gasteiger partial charge in [-0.15, -0.1) is 0 Å². The summed E-state index contributed by atoms with van der Waals surface area (Å²) in [6.07, 6.45) is 5.64. The lowest BCUT2D eigenvalue weighted by atomic mass is 10.1. The van der Waals surface area contributed by atoms with Crippen molar-refractivity contribution in [1.29, 1.82) is 0 Å². The molecule has 4 heteroatoms. The van der Waals surface area contributed by atoms with Gasteiger partial charge in [0.2, 0.25) is 0 Å². The molecule has 0 unspecified atom stereocenters. The van der Waals surface area contributed by atoms with Crippen LogP contribution in [0.25, 0.3) is 5.69 Å². The Kier molecular flexibility index (Phi) is 3.48. The molecule has 2 rings (SSSR count). The summed E-state index contributed by atoms with van der Waals surface area (Å²) in [6, 6.07) is 4.03. The van der Waals surface area contributed by atoms with E-state index in [1.165, 1.54) is 5.56 Å². The fraction of sp³-hybridized carbons (Fsp3) is 0.429. The summed E-state index contributed by atoms with van der Waals surface area (Å²) in [4.78, 5) is 4.19. The van der Waals surface area contributed by atoms with Gasteiger partial charge in [0.25, 0.3) is 0 Å². The van der Waals surface area contributed by atoms with Crippen molar-refractivity contribution >= 4 is 0 Å². The zero-order valence-corrected chi connectivity index (χ0v) is 11.4. The Labute approximate surface area is 108 Å². The van der Waals surface area contributed by atoms with Crippen LogP contribution < -0.4 is 5.32 Å². The van der Waals surface area contributed by atoms with Gasteiger partial charge in [-0.25, -0.2) is 4.68 Å². The van der Waals surface area contributed by atoms with E-state index in [9.17, 15) is 0 Å². The molecule has 0 aliphatic rings. The molecule has 0 atom stereocenters. The van der Waals surface area contributed by atoms with E-state index in [0.717, 1.165) is 17.9 Å². The highest BCUT2D eigenvalue weighted by Gasteiger charge is 2.11. The zero-order chi connectivity index (χ0) is 13.2. The Morgan fingerprint density at radius 2 is 2.06 bits per heavy atom. The first-order valence-electron chi connectivity index (χ1n) is 6.16. The van der Waals surface area contributed by atoms with Crippen LogP contribution >= 0.6 is 0 Å². The SMILES string of the molecule is Cc1ccn(-c2cnccc2CNC(C)(C)C)n1. The highest BCUT2D eigenvalue weighted by molar-refractivity contribution is 5.37. The van der Waals surface area contributed by atoms with Gasteiger partial charge in [0, 0.05) is 24.5 Å². The highest BCUT2D eigenvalue weighted by Crippen LogP contribution is 2.13. The van der Waals surface area contributed by atoms with Gasteiger partial charge in [-0.3, -0.25) is 4.98 Å². The number of hydrogen-bond donors (Lipinski definition) is 1. The van der Waals surface area contributed by atoms with Gasteiger partial charge in [0.1, 0.15) is 0 Å². The Hall–Kier alpha value is -1.68. The maximum atomic E-state index is 4.43. The fourth-order valence-electron chi connectivity index (χ4n) is 1.68. The summed E-state index contributed by atoms with van der Waals surface area (Å²) in [7, 11) is 0. The van der Waals surface area contributed by atoms with E-state index in [4.69, 9.17) is 0 Å². The van der Waals surface area contributed by atoms with Gasteiger partial charge in [-0.1, -0.05) is 0 Å². The molecule has 2 aromatic rings. The topological polar surface area (TPSA) is 42.7 Å². The van der Waals surface area contributed by atoms with Crippen LogP contribution in [0.5, 0.6) is 0 Å². The van der Waals surface area contributed by atoms with Gasteiger partial charge in [-0.05, 0) is 45.4 Å². The minimum atomic E-state index is 0.0978. The number of nitrogens with zero attached hydrogens (tertiary/aromatic N) is 3. The van der Waals surface area contributed by atoms with Gasteiger partial charge < -0.3 is 5.32 Å². The number of rotatable bonds is 3. The van der Waals surface area contributed by atoms with E-state index >= 15 is 0 Å². The van der Waals surface area contributed by atoms with Gasteiger partial charge in [-0.2, -0.15) is 5.10 Å². The van der Waals surface area contributed by atoms with Crippen molar-refractivity contribution < 1.29 is 0 Å². The van der Waals surface area contributed by atoms with Crippen LogP contribution in [0.3, 0.4) is 0 Å². The lowest BCUT2D eigenvalue weighted by Crippen LogP contribution is -2.35. The molecule has 0 bridgehead atoms. The molecule has 1 N–H and O–H groups in total. The second-order valence-electron chi connectivity index (χ2n) is 5.51. The standard InChI is InChI=1S/C14H20N4/c1-11-6-8-18(17-11)13-10-15-7-5-12(13)9-16-14(2,3)4/h5-8,10,16H,9H2,1-4H3. The third-order valence-electron chi connectivity index (χ3n) is 2.67. The third-order valence-corrected chi connectivity index (χ3v) is 2.67. The van der Waals surface area contributed by atoms with Crippen molar-refractivity contribution in [2.24, 2.45) is 0 Å². The lowest BCUT2D eigenvalue weighted by Gasteiger charge is -2.21. The van der Waals surface area contributed by atoms with E-state index in [-0.39, 0.29) is 5.54 Å². The largest absolute Gasteiger partial charge is 0.308 e. The van der Waals surface area contributed by atoms with E-state index in [2.05, 4.69) is 36.2 Å². The normalized spacial score (nSPS) is 11.8. The van der Waals surface area contributed by atoms with E-state index in [1.807, 2.05) is 42.3 Å². The van der Waals surface area contributed by atoms with Crippen LogP contribution in [0, 0.1) is 6.92 Å². The molecule has 0 amide bonds. The molecule has 0 fully saturated rings. The molecule has 18 heavy (non-hydrogen) atoms. The summed E-state index contributed by atoms with van der Waals surface area (Å²) in [5, 5.41) is 7.92. The molecule has 0 aliphatic heterocycles. The monoisotopic (exact) mass is 244 g/mol. The zero-order valence-electron chi connectivity index (χ0n) is 11.4. The second kappa shape index (κ2) is 4.90. The molecule has 96 valence electrons. The summed E-state index contributed by atoms with van der Waals surface area (Å²) in [6.45, 7) is 9.27. The summed E-state index contributed by atoms with van der Waals surface area (Å²) >= 11 is 0. The van der Waals surface area contributed by atoms with Crippen LogP contribution in [-0.4, -0.2) is 20.3 Å². The maximum absolute atomic E-state index is 4.43. The molecule has 2 aromatic heterocycles. The fourth-order valence-corrected chi connectivity index (χ4v) is 1.68. The summed E-state index contributed by atoms with van der Waals surface area (Å²) in [5.41, 5.74) is 3.33. The van der Waals surface area contributed by atoms with E-state index in [1.54, 1.807) is 0 Å². The van der Waals surface area contributed by atoms with E-state index in [0.29, 0.717) is 0 Å². The first-order valence-corrected chi connectivity index (χ1v) is 6.16. The molecule has 4 nitrogen and oxygen atoms in total. The third kappa shape index (κ3) is 3.17. The minimum Gasteiger partial charge on any atom is -0.308 e. The van der Waals surface area contributed by atoms with Crippen molar-refractivity contribution in [2.75, 3.05) is 0 Å². The number of pyridine rings is 1. The highest BCUT2D eigenvalue weighted by atomic mass is 15.3. The first kappa shape index (κ1) is 12.8. The molecule has 0 aromatic carbocycles. The quantitative estimate of drug-likeness (QED) is 0.902. The average Bonchev–Trinajstić information content (AvgIpc) is 2.72. The van der Waals surface area contributed by atoms with Crippen LogP contribution in [-0.2, 0) is 6.54 Å². The molecular weight excluding hydrogens is 224 g/mol. The Morgan fingerprint density at radius 3 is 2.67 bits per heavy atom. The van der Waals surface area contributed by atoms with Crippen molar-refractivity contribution in [1.82, 2.24) is 20.1 Å². The second-order valence-corrected chi connectivity index (χ2v) is 5.51. The Bertz CT molecular complexity index is 523. The predicted molar refractivity (Wildman–Crippen MR) is 72.7 cm³/mol. The molecule has 0 saturated carbocycles. The predicted octanol–water partition coefficient (Wildman–Crippen LogP) is 2.46. The van der Waals surface area contributed by atoms with Crippen molar-refractivity contribution in [3.63, 3.8) is 0 Å². The minimum absolute atomic E-state index is 0.0978. The number of hydrogen-bond acceptors (Lipinski definition) is 3. The molecule has 2 heterocycles. The first-order chi connectivity index (χ1) is 8.46. The summed E-state index contributed by atoms with van der Waals surface area (Å²) in [5.74, 6) is 0. The smallest absolute Gasteiger partial charge is 0.0873 e. The molecule has 0 radical (unpaired) electrons. The maximum Gasteiger partial charge on any atom is 0.0873 e. The van der Waals surface area contributed by atoms with E-state index < -0.39 is 0 Å². The van der Waals surface area contributed by atoms with Crippen LogP contribution in [0.2, 0.25) is 0 Å². The molecule has 0 spiro atoms. The Morgan fingerprint density at radius 1 is 1.28 bits per heavy atom. The van der Waals surface area contributed by atoms with Crippen molar-refractivity contribution in [3.05, 3.63) is 42.0 Å². The number of aromatic nitrogens is 3. The number of nitrogens with one attached hydrogen (secondary N) is 1. The number of aryl methyl sites for hydroxylation is 1. The average molecular weight is 244 g/mol. The molecular formula is C14H20N4.